The molecular formula is C18H34N2O. The predicted molar refractivity (Wildman–Crippen MR) is 91.9 cm³/mol. The fourth-order valence-electron chi connectivity index (χ4n) is 2.81. The number of rotatable bonds is 13. The molecule has 1 heterocycles. The third kappa shape index (κ3) is 9.05. The Hall–Kier alpha value is -0.670. The van der Waals surface area contributed by atoms with E-state index < -0.39 is 0 Å². The third-order valence-electron chi connectivity index (χ3n) is 4.13. The molecule has 1 unspecified atom stereocenters. The Balaban J connectivity index is 1.90. The average Bonchev–Trinajstić information content (AvgIpc) is 2.92. The molecule has 1 aliphatic heterocycles. The van der Waals surface area contributed by atoms with E-state index in [1.54, 1.807) is 0 Å². The lowest BCUT2D eigenvalue weighted by molar-refractivity contribution is 0.176. The summed E-state index contributed by atoms with van der Waals surface area (Å²) in [6.07, 6.45) is 19.9. The maximum atomic E-state index is 9.00. The summed E-state index contributed by atoms with van der Waals surface area (Å²) in [5.74, 6) is 0. The summed E-state index contributed by atoms with van der Waals surface area (Å²) in [6.45, 7) is 4.16. The Morgan fingerprint density at radius 3 is 2.48 bits per heavy atom. The van der Waals surface area contributed by atoms with E-state index in [2.05, 4.69) is 29.0 Å². The first-order valence-corrected chi connectivity index (χ1v) is 8.90. The summed E-state index contributed by atoms with van der Waals surface area (Å²) in [5.41, 5.74) is 0. The van der Waals surface area contributed by atoms with Crippen LogP contribution in [-0.4, -0.2) is 42.1 Å². The quantitative estimate of drug-likeness (QED) is 0.409. The molecule has 0 bridgehead atoms. The zero-order valence-electron chi connectivity index (χ0n) is 13.8. The summed E-state index contributed by atoms with van der Waals surface area (Å²) in [4.78, 5) is 6.75. The molecule has 1 aliphatic rings. The minimum atomic E-state index is 0.239. The fourth-order valence-corrected chi connectivity index (χ4v) is 2.81. The Labute approximate surface area is 131 Å². The number of allylic oxidation sites excluding steroid dienone is 2. The highest BCUT2D eigenvalue weighted by Crippen LogP contribution is 2.15. The highest BCUT2D eigenvalue weighted by atomic mass is 16.3. The number of aliphatic imine (C=N–C) groups is 1. The van der Waals surface area contributed by atoms with Crippen LogP contribution in [0.5, 0.6) is 0 Å². The van der Waals surface area contributed by atoms with Crippen molar-refractivity contribution in [2.75, 3.05) is 19.7 Å². The SMILES string of the molecule is CCCCCC/C=C/CCCCCC1N=CCN1CCO. The summed E-state index contributed by atoms with van der Waals surface area (Å²) in [7, 11) is 0. The zero-order valence-corrected chi connectivity index (χ0v) is 13.8. The average molecular weight is 294 g/mol. The molecule has 0 spiro atoms. The van der Waals surface area contributed by atoms with E-state index >= 15 is 0 Å². The van der Waals surface area contributed by atoms with Gasteiger partial charge in [0.05, 0.1) is 6.61 Å². The van der Waals surface area contributed by atoms with Crippen molar-refractivity contribution in [3.05, 3.63) is 12.2 Å². The van der Waals surface area contributed by atoms with Gasteiger partial charge in [-0.05, 0) is 38.5 Å². The molecule has 1 N–H and O–H groups in total. The van der Waals surface area contributed by atoms with Crippen LogP contribution in [0, 0.1) is 0 Å². The molecule has 0 aromatic heterocycles. The number of unbranched alkanes of at least 4 members (excludes halogenated alkanes) is 7. The number of aliphatic hydroxyl groups excluding tert-OH is 1. The predicted octanol–water partition coefficient (Wildman–Crippen LogP) is 4.17. The standard InChI is InChI=1S/C18H34N2O/c1-2-3-4-5-6-7-8-9-10-11-12-13-18-19-14-15-20(18)16-17-21/h7-8,14,18,21H,2-6,9-13,15-17H2,1H3/b8-7+. The minimum absolute atomic E-state index is 0.239. The number of nitrogens with zero attached hydrogens (tertiary/aromatic N) is 2. The van der Waals surface area contributed by atoms with Crippen LogP contribution < -0.4 is 0 Å². The molecule has 1 atom stereocenters. The molecular weight excluding hydrogens is 260 g/mol. The molecule has 3 heteroatoms. The van der Waals surface area contributed by atoms with Gasteiger partial charge in [0.2, 0.25) is 0 Å². The second-order valence-electron chi connectivity index (χ2n) is 5.99. The highest BCUT2D eigenvalue weighted by Gasteiger charge is 2.19. The molecule has 0 aliphatic carbocycles. The Morgan fingerprint density at radius 2 is 1.81 bits per heavy atom. The van der Waals surface area contributed by atoms with Gasteiger partial charge in [0.15, 0.2) is 0 Å². The van der Waals surface area contributed by atoms with Crippen LogP contribution in [0.4, 0.5) is 0 Å². The van der Waals surface area contributed by atoms with E-state index in [9.17, 15) is 0 Å². The third-order valence-corrected chi connectivity index (χ3v) is 4.13. The number of β-amino-alcohol motifs (C(OH)–C–C–N with tert-alkyl or cyclic N) is 1. The molecule has 0 aromatic carbocycles. The molecule has 0 aromatic rings. The topological polar surface area (TPSA) is 35.8 Å². The van der Waals surface area contributed by atoms with Gasteiger partial charge in [0.1, 0.15) is 6.17 Å². The van der Waals surface area contributed by atoms with Gasteiger partial charge in [0.25, 0.3) is 0 Å². The fraction of sp³-hybridized carbons (Fsp3) is 0.833. The molecule has 0 amide bonds. The van der Waals surface area contributed by atoms with Crippen molar-refractivity contribution in [1.82, 2.24) is 4.90 Å². The van der Waals surface area contributed by atoms with E-state index in [-0.39, 0.29) is 6.61 Å². The lowest BCUT2D eigenvalue weighted by Gasteiger charge is -2.21. The smallest absolute Gasteiger partial charge is 0.102 e. The van der Waals surface area contributed by atoms with Crippen LogP contribution in [0.2, 0.25) is 0 Å². The highest BCUT2D eigenvalue weighted by molar-refractivity contribution is 5.62. The van der Waals surface area contributed by atoms with Gasteiger partial charge in [-0.25, -0.2) is 0 Å². The van der Waals surface area contributed by atoms with Crippen LogP contribution in [0.25, 0.3) is 0 Å². The molecule has 0 saturated heterocycles. The molecule has 0 radical (unpaired) electrons. The van der Waals surface area contributed by atoms with Crippen LogP contribution in [0.1, 0.15) is 71.1 Å². The molecule has 122 valence electrons. The first-order chi connectivity index (χ1) is 10.4. The van der Waals surface area contributed by atoms with Gasteiger partial charge in [-0.1, -0.05) is 44.8 Å². The molecule has 0 saturated carbocycles. The summed E-state index contributed by atoms with van der Waals surface area (Å²) < 4.78 is 0. The van der Waals surface area contributed by atoms with E-state index in [4.69, 9.17) is 5.11 Å². The maximum absolute atomic E-state index is 9.00. The van der Waals surface area contributed by atoms with E-state index in [0.29, 0.717) is 6.17 Å². The molecule has 1 rings (SSSR count). The van der Waals surface area contributed by atoms with Crippen molar-refractivity contribution < 1.29 is 5.11 Å². The summed E-state index contributed by atoms with van der Waals surface area (Å²) >= 11 is 0. The first-order valence-electron chi connectivity index (χ1n) is 8.90. The normalized spacial score (nSPS) is 19.0. The van der Waals surface area contributed by atoms with Gasteiger partial charge < -0.3 is 5.11 Å². The largest absolute Gasteiger partial charge is 0.395 e. The maximum Gasteiger partial charge on any atom is 0.102 e. The van der Waals surface area contributed by atoms with Gasteiger partial charge in [0, 0.05) is 19.3 Å². The number of aliphatic hydroxyl groups is 1. The van der Waals surface area contributed by atoms with Crippen molar-refractivity contribution in [3.63, 3.8) is 0 Å². The van der Waals surface area contributed by atoms with Crippen LogP contribution in [0.15, 0.2) is 17.1 Å². The first kappa shape index (κ1) is 18.4. The monoisotopic (exact) mass is 294 g/mol. The second-order valence-corrected chi connectivity index (χ2v) is 5.99. The van der Waals surface area contributed by atoms with Gasteiger partial charge >= 0.3 is 0 Å². The van der Waals surface area contributed by atoms with Crippen LogP contribution in [0.3, 0.4) is 0 Å². The molecule has 21 heavy (non-hydrogen) atoms. The van der Waals surface area contributed by atoms with Crippen LogP contribution in [-0.2, 0) is 0 Å². The van der Waals surface area contributed by atoms with Gasteiger partial charge in [-0.15, -0.1) is 0 Å². The minimum Gasteiger partial charge on any atom is -0.395 e. The van der Waals surface area contributed by atoms with Crippen molar-refractivity contribution in [2.45, 2.75) is 77.3 Å². The van der Waals surface area contributed by atoms with Gasteiger partial charge in [-0.2, -0.15) is 0 Å². The van der Waals surface area contributed by atoms with E-state index in [1.165, 1.54) is 57.8 Å². The lowest BCUT2D eigenvalue weighted by Crippen LogP contribution is -2.32. The molecule has 0 fully saturated rings. The van der Waals surface area contributed by atoms with E-state index in [0.717, 1.165) is 19.5 Å². The summed E-state index contributed by atoms with van der Waals surface area (Å²) in [6, 6.07) is 0. The molecule has 3 nitrogen and oxygen atoms in total. The Kier molecular flexibility index (Phi) is 11.4. The van der Waals surface area contributed by atoms with Gasteiger partial charge in [-0.3, -0.25) is 9.89 Å². The number of hydrogen-bond acceptors (Lipinski definition) is 3. The van der Waals surface area contributed by atoms with E-state index in [1.807, 2.05) is 6.21 Å². The zero-order chi connectivity index (χ0) is 15.2. The Bertz CT molecular complexity index is 289. The van der Waals surface area contributed by atoms with Crippen molar-refractivity contribution in [1.29, 1.82) is 0 Å². The van der Waals surface area contributed by atoms with Crippen molar-refractivity contribution in [2.24, 2.45) is 4.99 Å². The lowest BCUT2D eigenvalue weighted by atomic mass is 10.1. The second kappa shape index (κ2) is 13.0. The van der Waals surface area contributed by atoms with Crippen LogP contribution >= 0.6 is 0 Å². The summed E-state index contributed by atoms with van der Waals surface area (Å²) in [5, 5.41) is 9.00. The van der Waals surface area contributed by atoms with Crippen molar-refractivity contribution in [3.8, 4) is 0 Å². The van der Waals surface area contributed by atoms with Crippen molar-refractivity contribution >= 4 is 6.21 Å². The Morgan fingerprint density at radius 1 is 1.10 bits per heavy atom. The number of hydrogen-bond donors (Lipinski definition) is 1.